The number of amides is 1. The summed E-state index contributed by atoms with van der Waals surface area (Å²) in [4.78, 5) is 11.7. The molecule has 1 unspecified atom stereocenters. The third-order valence-corrected chi connectivity index (χ3v) is 3.75. The zero-order valence-corrected chi connectivity index (χ0v) is 12.1. The second-order valence-electron chi connectivity index (χ2n) is 5.60. The number of hydrogen-bond acceptors (Lipinski definition) is 4. The van der Waals surface area contributed by atoms with Gasteiger partial charge in [0.1, 0.15) is 0 Å². The fraction of sp³-hybridized carbons (Fsp3) is 0.909. The summed E-state index contributed by atoms with van der Waals surface area (Å²) in [5, 5.41) is 5.99. The quantitative estimate of drug-likeness (QED) is 0.607. The van der Waals surface area contributed by atoms with E-state index >= 15 is 0 Å². The first-order chi connectivity index (χ1) is 8.18. The molecule has 6 nitrogen and oxygen atoms in total. The lowest BCUT2D eigenvalue weighted by Crippen LogP contribution is -2.51. The van der Waals surface area contributed by atoms with Crippen LogP contribution in [0.3, 0.4) is 0 Å². The minimum Gasteiger partial charge on any atom is -0.354 e. The summed E-state index contributed by atoms with van der Waals surface area (Å²) in [6, 6.07) is 0. The molecule has 1 saturated heterocycles. The molecule has 0 radical (unpaired) electrons. The van der Waals surface area contributed by atoms with Crippen molar-refractivity contribution in [2.45, 2.75) is 32.2 Å². The predicted molar refractivity (Wildman–Crippen MR) is 70.7 cm³/mol. The van der Waals surface area contributed by atoms with Gasteiger partial charge in [0, 0.05) is 18.5 Å². The molecule has 0 aromatic heterocycles. The summed E-state index contributed by atoms with van der Waals surface area (Å²) < 4.78 is 24.8. The summed E-state index contributed by atoms with van der Waals surface area (Å²) in [6.45, 7) is 5.63. The Balaban J connectivity index is 2.32. The summed E-state index contributed by atoms with van der Waals surface area (Å²) in [7, 11) is -3.26. The molecule has 7 heteroatoms. The maximum Gasteiger partial charge on any atom is 0.220 e. The third kappa shape index (κ3) is 6.32. The molecule has 0 spiro atoms. The first kappa shape index (κ1) is 15.4. The molecule has 0 aliphatic carbocycles. The maximum absolute atomic E-state index is 11.7. The lowest BCUT2D eigenvalue weighted by Gasteiger charge is -2.25. The molecule has 18 heavy (non-hydrogen) atoms. The molecule has 3 N–H and O–H groups in total. The molecule has 1 atom stereocenters. The van der Waals surface area contributed by atoms with Gasteiger partial charge in [0.05, 0.1) is 6.26 Å². The van der Waals surface area contributed by atoms with E-state index < -0.39 is 15.6 Å². The molecule has 0 bridgehead atoms. The van der Waals surface area contributed by atoms with Crippen LogP contribution in [0.4, 0.5) is 0 Å². The highest BCUT2D eigenvalue weighted by Crippen LogP contribution is 2.11. The van der Waals surface area contributed by atoms with Crippen LogP contribution >= 0.6 is 0 Å². The van der Waals surface area contributed by atoms with Crippen molar-refractivity contribution in [3.8, 4) is 0 Å². The van der Waals surface area contributed by atoms with E-state index in [1.165, 1.54) is 0 Å². The molecule has 1 fully saturated rings. The highest BCUT2D eigenvalue weighted by atomic mass is 32.2. The molecule has 1 rings (SSSR count). The van der Waals surface area contributed by atoms with Gasteiger partial charge >= 0.3 is 0 Å². The Bertz CT molecular complexity index is 386. The summed E-state index contributed by atoms with van der Waals surface area (Å²) >= 11 is 0. The van der Waals surface area contributed by atoms with Gasteiger partial charge in [0.15, 0.2) is 0 Å². The molecule has 0 saturated carbocycles. The minimum absolute atomic E-state index is 0.0212. The average molecular weight is 277 g/mol. The van der Waals surface area contributed by atoms with E-state index in [2.05, 4.69) is 15.4 Å². The van der Waals surface area contributed by atoms with E-state index in [0.717, 1.165) is 25.8 Å². The van der Waals surface area contributed by atoms with Crippen molar-refractivity contribution in [1.29, 1.82) is 0 Å². The predicted octanol–water partition coefficient (Wildman–Crippen LogP) is -0.570. The lowest BCUT2D eigenvalue weighted by atomic mass is 10.0. The van der Waals surface area contributed by atoms with E-state index in [1.54, 1.807) is 13.8 Å². The molecule has 0 aromatic carbocycles. The van der Waals surface area contributed by atoms with Crippen molar-refractivity contribution >= 4 is 15.9 Å². The molecule has 0 aromatic rings. The molecular formula is C11H23N3O3S. The standard InChI is InChI=1S/C11H23N3O3S/c1-11(2,14-18(3,16)17)8-13-10(15)6-9-4-5-12-7-9/h9,12,14H,4-8H2,1-3H3,(H,13,15). The number of sulfonamides is 1. The summed E-state index contributed by atoms with van der Waals surface area (Å²) in [6.07, 6.45) is 2.64. The van der Waals surface area contributed by atoms with Gasteiger partial charge in [-0.1, -0.05) is 0 Å². The van der Waals surface area contributed by atoms with Gasteiger partial charge in [0.2, 0.25) is 15.9 Å². The Morgan fingerprint density at radius 3 is 2.61 bits per heavy atom. The Labute approximate surface area is 109 Å². The van der Waals surface area contributed by atoms with Crippen LogP contribution in [0.2, 0.25) is 0 Å². The van der Waals surface area contributed by atoms with Gasteiger partial charge in [-0.2, -0.15) is 0 Å². The first-order valence-corrected chi connectivity index (χ1v) is 8.03. The average Bonchev–Trinajstić information content (AvgIpc) is 2.64. The van der Waals surface area contributed by atoms with Crippen molar-refractivity contribution in [2.75, 3.05) is 25.9 Å². The van der Waals surface area contributed by atoms with Crippen LogP contribution in [0.1, 0.15) is 26.7 Å². The van der Waals surface area contributed by atoms with Crippen LogP contribution in [0.5, 0.6) is 0 Å². The Hall–Kier alpha value is -0.660. The van der Waals surface area contributed by atoms with E-state index in [4.69, 9.17) is 0 Å². The van der Waals surface area contributed by atoms with Gasteiger partial charge in [-0.15, -0.1) is 0 Å². The fourth-order valence-electron chi connectivity index (χ4n) is 2.08. The van der Waals surface area contributed by atoms with E-state index in [0.29, 0.717) is 18.9 Å². The van der Waals surface area contributed by atoms with Crippen molar-refractivity contribution < 1.29 is 13.2 Å². The van der Waals surface area contributed by atoms with Gasteiger partial charge in [-0.05, 0) is 39.3 Å². The Kier molecular flexibility index (Phi) is 5.12. The number of carbonyl (C=O) groups is 1. The van der Waals surface area contributed by atoms with Gasteiger partial charge < -0.3 is 10.6 Å². The zero-order chi connectivity index (χ0) is 13.8. The van der Waals surface area contributed by atoms with Crippen molar-refractivity contribution in [2.24, 2.45) is 5.92 Å². The van der Waals surface area contributed by atoms with E-state index in [1.807, 2.05) is 0 Å². The van der Waals surface area contributed by atoms with Crippen molar-refractivity contribution in [1.82, 2.24) is 15.4 Å². The second kappa shape index (κ2) is 5.99. The highest BCUT2D eigenvalue weighted by Gasteiger charge is 2.24. The fourth-order valence-corrected chi connectivity index (χ4v) is 3.16. The number of nitrogens with one attached hydrogen (secondary N) is 3. The monoisotopic (exact) mass is 277 g/mol. The Morgan fingerprint density at radius 2 is 2.11 bits per heavy atom. The normalized spacial score (nSPS) is 20.9. The smallest absolute Gasteiger partial charge is 0.220 e. The van der Waals surface area contributed by atoms with Crippen LogP contribution in [-0.4, -0.2) is 45.8 Å². The topological polar surface area (TPSA) is 87.3 Å². The first-order valence-electron chi connectivity index (χ1n) is 6.14. The van der Waals surface area contributed by atoms with E-state index in [9.17, 15) is 13.2 Å². The SMILES string of the molecule is CC(C)(CNC(=O)CC1CCNC1)NS(C)(=O)=O. The lowest BCUT2D eigenvalue weighted by molar-refractivity contribution is -0.122. The Morgan fingerprint density at radius 1 is 1.44 bits per heavy atom. The van der Waals surface area contributed by atoms with Crippen molar-refractivity contribution in [3.63, 3.8) is 0 Å². The molecule has 1 heterocycles. The van der Waals surface area contributed by atoms with Crippen LogP contribution in [0, 0.1) is 5.92 Å². The van der Waals surface area contributed by atoms with Crippen molar-refractivity contribution in [3.05, 3.63) is 0 Å². The summed E-state index contributed by atoms with van der Waals surface area (Å²) in [5.41, 5.74) is -0.669. The molecule has 1 aliphatic rings. The van der Waals surface area contributed by atoms with Crippen LogP contribution in [0.15, 0.2) is 0 Å². The summed E-state index contributed by atoms with van der Waals surface area (Å²) in [5.74, 6) is 0.378. The van der Waals surface area contributed by atoms with Crippen LogP contribution < -0.4 is 15.4 Å². The number of hydrogen-bond donors (Lipinski definition) is 3. The van der Waals surface area contributed by atoms with Crippen LogP contribution in [0.25, 0.3) is 0 Å². The minimum atomic E-state index is -3.26. The largest absolute Gasteiger partial charge is 0.354 e. The molecular weight excluding hydrogens is 254 g/mol. The molecule has 106 valence electrons. The van der Waals surface area contributed by atoms with Crippen LogP contribution in [-0.2, 0) is 14.8 Å². The maximum atomic E-state index is 11.7. The number of rotatable bonds is 6. The van der Waals surface area contributed by atoms with Gasteiger partial charge in [-0.25, -0.2) is 13.1 Å². The molecule has 1 amide bonds. The molecule has 1 aliphatic heterocycles. The van der Waals surface area contributed by atoms with Gasteiger partial charge in [0.25, 0.3) is 0 Å². The van der Waals surface area contributed by atoms with E-state index in [-0.39, 0.29) is 5.91 Å². The van der Waals surface area contributed by atoms with Gasteiger partial charge in [-0.3, -0.25) is 4.79 Å². The highest BCUT2D eigenvalue weighted by molar-refractivity contribution is 7.88. The second-order valence-corrected chi connectivity index (χ2v) is 7.35. The third-order valence-electron chi connectivity index (χ3n) is 2.83. The zero-order valence-electron chi connectivity index (χ0n) is 11.2. The number of carbonyl (C=O) groups excluding carboxylic acids is 1.